The summed E-state index contributed by atoms with van der Waals surface area (Å²) in [4.78, 5) is 16.1. The van der Waals surface area contributed by atoms with Gasteiger partial charge in [-0.25, -0.2) is 4.98 Å². The topological polar surface area (TPSA) is 71.5 Å². The second-order valence-corrected chi connectivity index (χ2v) is 4.13. The third-order valence-corrected chi connectivity index (χ3v) is 2.56. The first-order chi connectivity index (χ1) is 8.26. The van der Waals surface area contributed by atoms with E-state index in [4.69, 9.17) is 9.84 Å². The fourth-order valence-corrected chi connectivity index (χ4v) is 1.68. The number of aromatic nitrogens is 1. The minimum atomic E-state index is -0.129. The van der Waals surface area contributed by atoms with Crippen LogP contribution in [0.3, 0.4) is 0 Å². The Hall–Kier alpha value is -1.42. The summed E-state index contributed by atoms with van der Waals surface area (Å²) in [6.07, 6.45) is 2.34. The Morgan fingerprint density at radius 2 is 2.53 bits per heavy atom. The molecule has 0 saturated heterocycles. The molecule has 0 aliphatic carbocycles. The first-order valence-corrected chi connectivity index (χ1v) is 5.92. The van der Waals surface area contributed by atoms with Crippen LogP contribution in [-0.4, -0.2) is 36.3 Å². The Morgan fingerprint density at radius 1 is 1.71 bits per heavy atom. The molecule has 1 aromatic rings. The van der Waals surface area contributed by atoms with Crippen LogP contribution in [0.5, 0.6) is 0 Å². The summed E-state index contributed by atoms with van der Waals surface area (Å²) in [5.74, 6) is 5.51. The highest BCUT2D eigenvalue weighted by molar-refractivity contribution is 7.16. The lowest BCUT2D eigenvalue weighted by atomic mass is 10.4. The number of thiazole rings is 1. The highest BCUT2D eigenvalue weighted by atomic mass is 32.1. The fourth-order valence-electron chi connectivity index (χ4n) is 0.972. The molecule has 0 aliphatic heterocycles. The quantitative estimate of drug-likeness (QED) is 0.764. The third kappa shape index (κ3) is 5.45. The predicted molar refractivity (Wildman–Crippen MR) is 65.8 cm³/mol. The number of anilines is 1. The van der Waals surface area contributed by atoms with E-state index < -0.39 is 0 Å². The van der Waals surface area contributed by atoms with E-state index in [-0.39, 0.29) is 12.5 Å². The number of carbonyl (C=O) groups excluding carboxylic acids is 1. The van der Waals surface area contributed by atoms with E-state index in [9.17, 15) is 4.79 Å². The zero-order valence-corrected chi connectivity index (χ0v) is 10.3. The molecule has 0 spiro atoms. The number of carbonyl (C=O) groups is 1. The number of methoxy groups -OCH3 is 1. The van der Waals surface area contributed by atoms with Gasteiger partial charge in [-0.2, -0.15) is 0 Å². The highest BCUT2D eigenvalue weighted by Crippen LogP contribution is 2.16. The van der Waals surface area contributed by atoms with Gasteiger partial charge in [-0.05, 0) is 0 Å². The Balaban J connectivity index is 2.46. The third-order valence-electron chi connectivity index (χ3n) is 1.73. The maximum atomic E-state index is 11.3. The lowest BCUT2D eigenvalue weighted by molar-refractivity contribution is -0.117. The standard InChI is InChI=1S/C11H14N2O3S/c1-16-7-5-10(15)13-11-12-8-9(17-11)4-2-3-6-14/h8,14H,3,5-7H2,1H3,(H,12,13,15). The number of hydrogen-bond acceptors (Lipinski definition) is 5. The number of hydrogen-bond donors (Lipinski definition) is 2. The Bertz CT molecular complexity index is 420. The van der Waals surface area contributed by atoms with Crippen molar-refractivity contribution in [1.82, 2.24) is 4.98 Å². The summed E-state index contributed by atoms with van der Waals surface area (Å²) < 4.78 is 4.80. The molecule has 0 bridgehead atoms. The average Bonchev–Trinajstić information content (AvgIpc) is 2.74. The highest BCUT2D eigenvalue weighted by Gasteiger charge is 2.05. The number of ether oxygens (including phenoxy) is 1. The van der Waals surface area contributed by atoms with Gasteiger partial charge in [-0.3, -0.25) is 4.79 Å². The molecule has 0 aliphatic rings. The van der Waals surface area contributed by atoms with Gasteiger partial charge in [0.2, 0.25) is 5.91 Å². The normalized spacial score (nSPS) is 9.53. The van der Waals surface area contributed by atoms with Crippen LogP contribution < -0.4 is 5.32 Å². The van der Waals surface area contributed by atoms with E-state index in [2.05, 4.69) is 22.1 Å². The van der Waals surface area contributed by atoms with Crippen LogP contribution >= 0.6 is 11.3 Å². The molecule has 5 nitrogen and oxygen atoms in total. The van der Waals surface area contributed by atoms with E-state index in [0.717, 1.165) is 4.88 Å². The van der Waals surface area contributed by atoms with Crippen molar-refractivity contribution in [2.45, 2.75) is 12.8 Å². The van der Waals surface area contributed by atoms with Crippen LogP contribution in [0.1, 0.15) is 17.7 Å². The molecule has 6 heteroatoms. The van der Waals surface area contributed by atoms with Crippen molar-refractivity contribution in [3.8, 4) is 11.8 Å². The summed E-state index contributed by atoms with van der Waals surface area (Å²) in [7, 11) is 1.55. The molecule has 0 unspecified atom stereocenters. The molecule has 1 aromatic heterocycles. The van der Waals surface area contributed by atoms with Crippen LogP contribution in [0, 0.1) is 11.8 Å². The van der Waals surface area contributed by atoms with Gasteiger partial charge in [0.15, 0.2) is 5.13 Å². The lowest BCUT2D eigenvalue weighted by Crippen LogP contribution is -2.13. The monoisotopic (exact) mass is 254 g/mol. The van der Waals surface area contributed by atoms with E-state index in [0.29, 0.717) is 24.6 Å². The number of amides is 1. The van der Waals surface area contributed by atoms with Crippen molar-refractivity contribution in [2.75, 3.05) is 25.6 Å². The summed E-state index contributed by atoms with van der Waals surface area (Å²) >= 11 is 1.31. The van der Waals surface area contributed by atoms with Crippen molar-refractivity contribution >= 4 is 22.4 Å². The Morgan fingerprint density at radius 3 is 3.24 bits per heavy atom. The molecule has 0 atom stereocenters. The van der Waals surface area contributed by atoms with Gasteiger partial charge in [-0.1, -0.05) is 23.2 Å². The van der Waals surface area contributed by atoms with Gasteiger partial charge >= 0.3 is 0 Å². The van der Waals surface area contributed by atoms with Crippen LogP contribution in [0.25, 0.3) is 0 Å². The van der Waals surface area contributed by atoms with Crippen LogP contribution in [0.2, 0.25) is 0 Å². The van der Waals surface area contributed by atoms with Crippen molar-refractivity contribution in [1.29, 1.82) is 0 Å². The molecule has 2 N–H and O–H groups in total. The zero-order chi connectivity index (χ0) is 12.5. The van der Waals surface area contributed by atoms with E-state index >= 15 is 0 Å². The Kier molecular flexibility index (Phi) is 6.25. The number of nitrogens with zero attached hydrogens (tertiary/aromatic N) is 1. The summed E-state index contributed by atoms with van der Waals surface area (Å²) in [6, 6.07) is 0. The predicted octanol–water partition coefficient (Wildman–Crippen LogP) is 0.852. The van der Waals surface area contributed by atoms with E-state index in [1.54, 1.807) is 13.3 Å². The second-order valence-electron chi connectivity index (χ2n) is 3.10. The van der Waals surface area contributed by atoms with Gasteiger partial charge in [0.1, 0.15) is 0 Å². The maximum absolute atomic E-state index is 11.3. The van der Waals surface area contributed by atoms with Crippen LogP contribution in [0.4, 0.5) is 5.13 Å². The lowest BCUT2D eigenvalue weighted by Gasteiger charge is -1.99. The van der Waals surface area contributed by atoms with E-state index in [1.165, 1.54) is 11.3 Å². The van der Waals surface area contributed by atoms with Gasteiger partial charge < -0.3 is 15.2 Å². The molecular weight excluding hydrogens is 240 g/mol. The van der Waals surface area contributed by atoms with E-state index in [1.807, 2.05) is 0 Å². The molecule has 0 aromatic carbocycles. The Labute approximate surface area is 104 Å². The first-order valence-electron chi connectivity index (χ1n) is 5.10. The summed E-state index contributed by atoms with van der Waals surface area (Å²) in [6.45, 7) is 0.437. The fraction of sp³-hybridized carbons (Fsp3) is 0.455. The van der Waals surface area contributed by atoms with Crippen LogP contribution in [0.15, 0.2) is 6.20 Å². The molecule has 1 amide bonds. The largest absolute Gasteiger partial charge is 0.395 e. The smallest absolute Gasteiger partial charge is 0.228 e. The average molecular weight is 254 g/mol. The number of nitrogens with one attached hydrogen (secondary N) is 1. The molecule has 0 fully saturated rings. The zero-order valence-electron chi connectivity index (χ0n) is 9.52. The first kappa shape index (κ1) is 13.6. The molecule has 0 radical (unpaired) electrons. The minimum Gasteiger partial charge on any atom is -0.395 e. The molecule has 1 rings (SSSR count). The van der Waals surface area contributed by atoms with Gasteiger partial charge in [0.05, 0.1) is 30.7 Å². The van der Waals surface area contributed by atoms with Gasteiger partial charge in [0.25, 0.3) is 0 Å². The molecule has 92 valence electrons. The van der Waals surface area contributed by atoms with Crippen molar-refractivity contribution in [3.63, 3.8) is 0 Å². The molecule has 0 saturated carbocycles. The SMILES string of the molecule is COCCC(=O)Nc1ncc(C#CCCO)s1. The van der Waals surface area contributed by atoms with Gasteiger partial charge in [0, 0.05) is 13.5 Å². The minimum absolute atomic E-state index is 0.0480. The second kappa shape index (κ2) is 7.79. The number of rotatable bonds is 5. The van der Waals surface area contributed by atoms with Crippen molar-refractivity contribution in [2.24, 2.45) is 0 Å². The van der Waals surface area contributed by atoms with Crippen molar-refractivity contribution < 1.29 is 14.6 Å². The number of aliphatic hydroxyl groups is 1. The number of aliphatic hydroxyl groups excluding tert-OH is 1. The summed E-state index contributed by atoms with van der Waals surface area (Å²) in [5, 5.41) is 11.8. The summed E-state index contributed by atoms with van der Waals surface area (Å²) in [5.41, 5.74) is 0. The molecule has 1 heterocycles. The van der Waals surface area contributed by atoms with Crippen LogP contribution in [-0.2, 0) is 9.53 Å². The molecule has 17 heavy (non-hydrogen) atoms. The van der Waals surface area contributed by atoms with Crippen molar-refractivity contribution in [3.05, 3.63) is 11.1 Å². The molecular formula is C11H14N2O3S. The maximum Gasteiger partial charge on any atom is 0.228 e. The van der Waals surface area contributed by atoms with Gasteiger partial charge in [-0.15, -0.1) is 0 Å².